The van der Waals surface area contributed by atoms with Crippen LogP contribution in [-0.2, 0) is 12.4 Å². The Kier molecular flexibility index (Phi) is 3.52. The minimum Gasteiger partial charge on any atom is -0.298 e. The average Bonchev–Trinajstić information content (AvgIpc) is 2.81. The second-order valence-corrected chi connectivity index (χ2v) is 4.02. The summed E-state index contributed by atoms with van der Waals surface area (Å²) in [5, 5.41) is 3.40. The molecule has 0 amide bonds. The topological polar surface area (TPSA) is 34.9 Å². The maximum Gasteiger partial charge on any atom is 0.434 e. The number of benzene rings is 1. The minimum atomic E-state index is -4.87. The summed E-state index contributed by atoms with van der Waals surface area (Å²) in [6, 6.07) is 2.97. The third-order valence-electron chi connectivity index (χ3n) is 2.63. The van der Waals surface area contributed by atoms with Crippen molar-refractivity contribution >= 4 is 6.29 Å². The summed E-state index contributed by atoms with van der Waals surface area (Å²) in [5.41, 5.74) is -3.26. The van der Waals surface area contributed by atoms with Crippen molar-refractivity contribution in [2.75, 3.05) is 0 Å². The second kappa shape index (κ2) is 4.90. The van der Waals surface area contributed by atoms with Gasteiger partial charge in [0.05, 0.1) is 23.0 Å². The first-order valence-corrected chi connectivity index (χ1v) is 5.42. The maximum atomic E-state index is 12.9. The number of carbonyl (C=O) groups is 1. The molecule has 9 heteroatoms. The Balaban J connectivity index is 2.53. The molecule has 0 bridgehead atoms. The molecule has 1 aromatic heterocycles. The Labute approximate surface area is 113 Å². The van der Waals surface area contributed by atoms with Crippen molar-refractivity contribution in [3.8, 4) is 5.69 Å². The highest BCUT2D eigenvalue weighted by Crippen LogP contribution is 2.34. The van der Waals surface area contributed by atoms with Gasteiger partial charge in [-0.2, -0.15) is 31.4 Å². The van der Waals surface area contributed by atoms with E-state index < -0.39 is 29.2 Å². The number of aromatic nitrogens is 2. The minimum absolute atomic E-state index is 0.0175. The van der Waals surface area contributed by atoms with Gasteiger partial charge in [0.15, 0.2) is 12.0 Å². The largest absolute Gasteiger partial charge is 0.434 e. The standard InChI is InChI=1S/C12H6F6N2O/c13-11(14,15)8-1-3-9(4-2-8)20-10(12(16,17)18)7(6-21)5-19-20/h1-6H. The number of aldehydes is 1. The monoisotopic (exact) mass is 308 g/mol. The molecule has 0 aliphatic carbocycles. The normalized spacial score (nSPS) is 12.5. The average molecular weight is 308 g/mol. The highest BCUT2D eigenvalue weighted by molar-refractivity contribution is 5.76. The smallest absolute Gasteiger partial charge is 0.298 e. The first kappa shape index (κ1) is 15.1. The highest BCUT2D eigenvalue weighted by Gasteiger charge is 2.38. The van der Waals surface area contributed by atoms with Crippen LogP contribution in [0.4, 0.5) is 26.3 Å². The summed E-state index contributed by atoms with van der Waals surface area (Å²) in [6.45, 7) is 0. The maximum absolute atomic E-state index is 12.9. The van der Waals surface area contributed by atoms with E-state index in [-0.39, 0.29) is 12.0 Å². The molecule has 112 valence electrons. The number of hydrogen-bond donors (Lipinski definition) is 0. The molecule has 2 rings (SSSR count). The molecule has 1 aromatic carbocycles. The summed E-state index contributed by atoms with van der Waals surface area (Å²) >= 11 is 0. The summed E-state index contributed by atoms with van der Waals surface area (Å²) in [7, 11) is 0. The van der Waals surface area contributed by atoms with Gasteiger partial charge in [-0.1, -0.05) is 0 Å². The van der Waals surface area contributed by atoms with Gasteiger partial charge in [0.2, 0.25) is 0 Å². The van der Waals surface area contributed by atoms with Crippen molar-refractivity contribution in [3.05, 3.63) is 47.3 Å². The van der Waals surface area contributed by atoms with Crippen molar-refractivity contribution in [1.82, 2.24) is 9.78 Å². The summed E-state index contributed by atoms with van der Waals surface area (Å²) < 4.78 is 76.2. The van der Waals surface area contributed by atoms with Crippen LogP contribution in [0.15, 0.2) is 30.5 Å². The number of hydrogen-bond acceptors (Lipinski definition) is 2. The molecule has 0 radical (unpaired) electrons. The van der Waals surface area contributed by atoms with Crippen molar-refractivity contribution in [2.45, 2.75) is 12.4 Å². The molecule has 1 heterocycles. The molecule has 0 aliphatic rings. The quantitative estimate of drug-likeness (QED) is 0.626. The van der Waals surface area contributed by atoms with E-state index >= 15 is 0 Å². The molecule has 0 aliphatic heterocycles. The third-order valence-corrected chi connectivity index (χ3v) is 2.63. The van der Waals surface area contributed by atoms with Gasteiger partial charge < -0.3 is 0 Å². The zero-order chi connectivity index (χ0) is 15.8. The lowest BCUT2D eigenvalue weighted by atomic mass is 10.2. The summed E-state index contributed by atoms with van der Waals surface area (Å²) in [5.74, 6) is 0. The number of nitrogens with zero attached hydrogens (tertiary/aromatic N) is 2. The van der Waals surface area contributed by atoms with E-state index in [2.05, 4.69) is 5.10 Å². The molecule has 21 heavy (non-hydrogen) atoms. The van der Waals surface area contributed by atoms with Crippen LogP contribution >= 0.6 is 0 Å². The van der Waals surface area contributed by atoms with Crippen LogP contribution in [0.5, 0.6) is 0 Å². The van der Waals surface area contributed by atoms with Gasteiger partial charge in [0.25, 0.3) is 0 Å². The number of carbonyl (C=O) groups excluding carboxylic acids is 1. The highest BCUT2D eigenvalue weighted by atomic mass is 19.4. The fraction of sp³-hybridized carbons (Fsp3) is 0.167. The lowest BCUT2D eigenvalue weighted by Crippen LogP contribution is -2.15. The first-order chi connectivity index (χ1) is 9.64. The van der Waals surface area contributed by atoms with E-state index in [1.165, 1.54) is 0 Å². The van der Waals surface area contributed by atoms with Crippen LogP contribution in [0.3, 0.4) is 0 Å². The molecule has 0 spiro atoms. The number of alkyl halides is 6. The lowest BCUT2D eigenvalue weighted by molar-refractivity contribution is -0.143. The molecular weight excluding hydrogens is 302 g/mol. The zero-order valence-corrected chi connectivity index (χ0v) is 10.0. The fourth-order valence-corrected chi connectivity index (χ4v) is 1.72. The molecule has 0 fully saturated rings. The Bertz CT molecular complexity index is 654. The molecule has 0 N–H and O–H groups in total. The molecule has 0 atom stereocenters. The van der Waals surface area contributed by atoms with Crippen LogP contribution in [-0.4, -0.2) is 16.1 Å². The molecule has 0 saturated heterocycles. The van der Waals surface area contributed by atoms with Crippen molar-refractivity contribution in [3.63, 3.8) is 0 Å². The van der Waals surface area contributed by atoms with Gasteiger partial charge in [0, 0.05) is 0 Å². The predicted molar refractivity (Wildman–Crippen MR) is 59.0 cm³/mol. The van der Waals surface area contributed by atoms with Crippen LogP contribution in [0.1, 0.15) is 21.6 Å². The SMILES string of the molecule is O=Cc1cnn(-c2ccc(C(F)(F)F)cc2)c1C(F)(F)F. The van der Waals surface area contributed by atoms with Crippen LogP contribution in [0.2, 0.25) is 0 Å². The Morgan fingerprint density at radius 2 is 1.52 bits per heavy atom. The molecule has 3 nitrogen and oxygen atoms in total. The van der Waals surface area contributed by atoms with E-state index in [1.807, 2.05) is 0 Å². The molecule has 2 aromatic rings. The van der Waals surface area contributed by atoms with Gasteiger partial charge in [-0.15, -0.1) is 0 Å². The van der Waals surface area contributed by atoms with Crippen molar-refractivity contribution in [1.29, 1.82) is 0 Å². The Morgan fingerprint density at radius 3 is 1.95 bits per heavy atom. The second-order valence-electron chi connectivity index (χ2n) is 4.02. The van der Waals surface area contributed by atoms with Gasteiger partial charge >= 0.3 is 12.4 Å². The number of rotatable bonds is 2. The molecular formula is C12H6F6N2O. The molecule has 0 saturated carbocycles. The van der Waals surface area contributed by atoms with Crippen LogP contribution in [0.25, 0.3) is 5.69 Å². The Morgan fingerprint density at radius 1 is 0.952 bits per heavy atom. The predicted octanol–water partition coefficient (Wildman–Crippen LogP) is 3.72. The van der Waals surface area contributed by atoms with E-state index in [1.54, 1.807) is 0 Å². The third kappa shape index (κ3) is 2.91. The first-order valence-electron chi connectivity index (χ1n) is 5.42. The molecule has 0 unspecified atom stereocenters. The lowest BCUT2D eigenvalue weighted by Gasteiger charge is -2.12. The van der Waals surface area contributed by atoms with E-state index in [0.717, 1.165) is 12.1 Å². The fourth-order valence-electron chi connectivity index (χ4n) is 1.72. The van der Waals surface area contributed by atoms with Crippen molar-refractivity contribution in [2.24, 2.45) is 0 Å². The van der Waals surface area contributed by atoms with E-state index in [9.17, 15) is 31.1 Å². The summed E-state index contributed by atoms with van der Waals surface area (Å²) in [6.07, 6.45) is -8.77. The van der Waals surface area contributed by atoms with Gasteiger partial charge in [-0.25, -0.2) is 4.68 Å². The van der Waals surface area contributed by atoms with Crippen LogP contribution in [0, 0.1) is 0 Å². The van der Waals surface area contributed by atoms with Gasteiger partial charge in [0.1, 0.15) is 0 Å². The van der Waals surface area contributed by atoms with E-state index in [0.29, 0.717) is 23.0 Å². The summed E-state index contributed by atoms with van der Waals surface area (Å²) in [4.78, 5) is 10.6. The number of halogens is 6. The Hall–Kier alpha value is -2.32. The zero-order valence-electron chi connectivity index (χ0n) is 10.0. The van der Waals surface area contributed by atoms with E-state index in [4.69, 9.17) is 0 Å². The van der Waals surface area contributed by atoms with Crippen molar-refractivity contribution < 1.29 is 31.1 Å². The van der Waals surface area contributed by atoms with Gasteiger partial charge in [-0.3, -0.25) is 4.79 Å². The van der Waals surface area contributed by atoms with Crippen LogP contribution < -0.4 is 0 Å². The van der Waals surface area contributed by atoms with Gasteiger partial charge in [-0.05, 0) is 24.3 Å².